The summed E-state index contributed by atoms with van der Waals surface area (Å²) in [5, 5.41) is 4.78. The average molecular weight is 605 g/mol. The van der Waals surface area contributed by atoms with Gasteiger partial charge in [-0.3, -0.25) is 4.57 Å². The monoisotopic (exact) mass is 604 g/mol. The van der Waals surface area contributed by atoms with Crippen LogP contribution in [0.1, 0.15) is 30.9 Å². The summed E-state index contributed by atoms with van der Waals surface area (Å²) in [5.41, 5.74) is 11.1. The van der Waals surface area contributed by atoms with E-state index in [1.54, 1.807) is 0 Å². The highest BCUT2D eigenvalue weighted by atomic mass is 15.2. The molecule has 4 nitrogen and oxygen atoms in total. The van der Waals surface area contributed by atoms with Gasteiger partial charge in [-0.25, -0.2) is 9.98 Å². The first kappa shape index (κ1) is 27.3. The number of benzene rings is 6. The zero-order valence-electron chi connectivity index (χ0n) is 26.1. The summed E-state index contributed by atoms with van der Waals surface area (Å²) in [7, 11) is 0. The molecule has 0 saturated heterocycles. The minimum Gasteiger partial charge on any atom is -0.307 e. The molecule has 0 N–H and O–H groups in total. The number of aromatic nitrogens is 2. The molecule has 4 heteroatoms. The van der Waals surface area contributed by atoms with Crippen LogP contribution in [0, 0.1) is 0 Å². The molecule has 1 aliphatic rings. The minimum atomic E-state index is 0.672. The topological polar surface area (TPSA) is 34.6 Å². The molecular weight excluding hydrogens is 573 g/mol. The smallest absolute Gasteiger partial charge is 0.235 e. The van der Waals surface area contributed by atoms with Crippen LogP contribution in [0.3, 0.4) is 0 Å². The van der Waals surface area contributed by atoms with Gasteiger partial charge in [-0.2, -0.15) is 0 Å². The fourth-order valence-corrected chi connectivity index (χ4v) is 7.22. The van der Waals surface area contributed by atoms with Crippen LogP contribution in [-0.4, -0.2) is 20.8 Å². The number of allylic oxidation sites excluding steroid dienone is 1. The molecule has 0 unspecified atom stereocenters. The first-order valence-corrected chi connectivity index (χ1v) is 16.2. The Hall–Kier alpha value is -6.00. The van der Waals surface area contributed by atoms with Crippen molar-refractivity contribution in [3.05, 3.63) is 168 Å². The van der Waals surface area contributed by atoms with Crippen LogP contribution in [0.5, 0.6) is 0 Å². The predicted molar refractivity (Wildman–Crippen MR) is 198 cm³/mol. The van der Waals surface area contributed by atoms with E-state index in [-0.39, 0.29) is 0 Å². The van der Waals surface area contributed by atoms with Gasteiger partial charge in [-0.1, -0.05) is 127 Å². The number of hydrogen-bond acceptors (Lipinski definition) is 2. The lowest BCUT2D eigenvalue weighted by Crippen LogP contribution is -2.16. The minimum absolute atomic E-state index is 0.672. The maximum atomic E-state index is 5.53. The molecule has 8 aromatic rings. The molecule has 2 aromatic heterocycles. The number of rotatable bonds is 3. The highest BCUT2D eigenvalue weighted by Gasteiger charge is 2.24. The van der Waals surface area contributed by atoms with E-state index >= 15 is 0 Å². The third-order valence-corrected chi connectivity index (χ3v) is 9.43. The van der Waals surface area contributed by atoms with Crippen molar-refractivity contribution in [1.29, 1.82) is 0 Å². The molecule has 9 rings (SSSR count). The Morgan fingerprint density at radius 2 is 0.957 bits per heavy atom. The van der Waals surface area contributed by atoms with Crippen LogP contribution >= 0.6 is 0 Å². The van der Waals surface area contributed by atoms with Gasteiger partial charge in [0.1, 0.15) is 0 Å². The summed E-state index contributed by atoms with van der Waals surface area (Å²) in [5.74, 6) is 0.672. The summed E-state index contributed by atoms with van der Waals surface area (Å²) in [6.45, 7) is 2.22. The van der Waals surface area contributed by atoms with Crippen molar-refractivity contribution in [3.8, 4) is 5.69 Å². The largest absolute Gasteiger partial charge is 0.307 e. The molecular formula is C43H32N4. The average Bonchev–Trinajstić information content (AvgIpc) is 3.65. The highest BCUT2D eigenvalue weighted by molar-refractivity contribution is 6.26. The van der Waals surface area contributed by atoms with Gasteiger partial charge in [0.15, 0.2) is 0 Å². The lowest BCUT2D eigenvalue weighted by Gasteiger charge is -2.18. The number of para-hydroxylation sites is 3. The lowest BCUT2D eigenvalue weighted by atomic mass is 9.99. The second-order valence-corrected chi connectivity index (χ2v) is 12.2. The molecule has 0 amide bonds. The molecule has 1 aliphatic heterocycles. The van der Waals surface area contributed by atoms with E-state index in [4.69, 9.17) is 9.98 Å². The zero-order valence-corrected chi connectivity index (χ0v) is 26.1. The quantitative estimate of drug-likeness (QED) is 0.192. The molecule has 3 heterocycles. The molecule has 0 fully saturated rings. The van der Waals surface area contributed by atoms with Crippen molar-refractivity contribution < 1.29 is 0 Å². The summed E-state index contributed by atoms with van der Waals surface area (Å²) < 4.78 is 4.72. The van der Waals surface area contributed by atoms with E-state index in [1.165, 1.54) is 32.6 Å². The predicted octanol–water partition coefficient (Wildman–Crippen LogP) is 10.8. The molecule has 0 saturated carbocycles. The van der Waals surface area contributed by atoms with Crippen LogP contribution in [0.25, 0.3) is 55.0 Å². The number of nitrogens with zero attached hydrogens (tertiary/aromatic N) is 4. The summed E-state index contributed by atoms with van der Waals surface area (Å²) in [6, 6.07) is 53.7. The third-order valence-electron chi connectivity index (χ3n) is 9.43. The van der Waals surface area contributed by atoms with Crippen molar-refractivity contribution in [2.45, 2.75) is 19.8 Å². The lowest BCUT2D eigenvalue weighted by molar-refractivity contribution is 0.998. The van der Waals surface area contributed by atoms with E-state index in [2.05, 4.69) is 168 Å². The van der Waals surface area contributed by atoms with Gasteiger partial charge < -0.3 is 4.57 Å². The van der Waals surface area contributed by atoms with Crippen molar-refractivity contribution in [2.75, 3.05) is 0 Å². The van der Waals surface area contributed by atoms with Crippen molar-refractivity contribution >= 4 is 61.0 Å². The van der Waals surface area contributed by atoms with E-state index in [9.17, 15) is 0 Å². The Bertz CT molecular complexity index is 2550. The third kappa shape index (κ3) is 4.44. The van der Waals surface area contributed by atoms with Gasteiger partial charge >= 0.3 is 0 Å². The molecule has 6 aromatic carbocycles. The van der Waals surface area contributed by atoms with Crippen molar-refractivity contribution in [1.82, 2.24) is 9.13 Å². The maximum absolute atomic E-state index is 5.53. The molecule has 0 atom stereocenters. The van der Waals surface area contributed by atoms with Crippen LogP contribution in [0.2, 0.25) is 0 Å². The molecule has 47 heavy (non-hydrogen) atoms. The zero-order chi connectivity index (χ0) is 31.3. The fraction of sp³-hybridized carbons (Fsp3) is 0.0698. The van der Waals surface area contributed by atoms with Gasteiger partial charge in [-0.05, 0) is 55.2 Å². The SMILES string of the molecule is C/C1=C(/c2ccccc2)N=C(n2c3ccccc3c3ccc4c5ccccc5n(-c5ccccc5)c4c32)N=C(c2ccccc2)CC1. The van der Waals surface area contributed by atoms with E-state index < -0.39 is 0 Å². The van der Waals surface area contributed by atoms with Crippen LogP contribution in [0.15, 0.2) is 167 Å². The van der Waals surface area contributed by atoms with Crippen LogP contribution in [-0.2, 0) is 0 Å². The Morgan fingerprint density at radius 3 is 1.60 bits per heavy atom. The van der Waals surface area contributed by atoms with E-state index in [1.807, 2.05) is 0 Å². The highest BCUT2D eigenvalue weighted by Crippen LogP contribution is 2.41. The van der Waals surface area contributed by atoms with Crippen LogP contribution in [0.4, 0.5) is 0 Å². The number of fused-ring (bicyclic) bond motifs is 7. The second-order valence-electron chi connectivity index (χ2n) is 12.2. The summed E-state index contributed by atoms with van der Waals surface area (Å²) in [6.07, 6.45) is 1.70. The standard InChI is InChI=1S/C43H32N4/c1-29-25-28-37(30-15-5-2-6-16-30)44-43(45-40(29)31-17-7-3-8-18-31)47-39-24-14-12-22-34(39)36-27-26-35-33-21-11-13-23-38(33)46(41(35)42(36)47)32-19-9-4-10-20-32/h2-24,26-27H,25,28H2,1H3/b40-29+,44-37?,45-43?. The van der Waals surface area contributed by atoms with Gasteiger partial charge in [0, 0.05) is 32.8 Å². The first-order valence-electron chi connectivity index (χ1n) is 16.2. The van der Waals surface area contributed by atoms with Crippen LogP contribution < -0.4 is 0 Å². The Balaban J connectivity index is 1.47. The van der Waals surface area contributed by atoms with E-state index in [0.29, 0.717) is 5.96 Å². The first-order chi connectivity index (χ1) is 23.3. The summed E-state index contributed by atoms with van der Waals surface area (Å²) >= 11 is 0. The number of hydrogen-bond donors (Lipinski definition) is 0. The molecule has 224 valence electrons. The van der Waals surface area contributed by atoms with Gasteiger partial charge in [0.2, 0.25) is 5.96 Å². The van der Waals surface area contributed by atoms with Crippen molar-refractivity contribution in [2.24, 2.45) is 9.98 Å². The van der Waals surface area contributed by atoms with Gasteiger partial charge in [0.25, 0.3) is 0 Å². The Labute approximate surface area is 273 Å². The second kappa shape index (κ2) is 11.1. The molecule has 0 aliphatic carbocycles. The van der Waals surface area contributed by atoms with Crippen molar-refractivity contribution in [3.63, 3.8) is 0 Å². The van der Waals surface area contributed by atoms with Gasteiger partial charge in [0.05, 0.1) is 33.5 Å². The Morgan fingerprint density at radius 1 is 0.447 bits per heavy atom. The normalized spacial score (nSPS) is 15.6. The molecule has 0 radical (unpaired) electrons. The molecule has 0 spiro atoms. The van der Waals surface area contributed by atoms with E-state index in [0.717, 1.165) is 57.6 Å². The molecule has 0 bridgehead atoms. The number of aliphatic imine (C=N–C) groups is 2. The van der Waals surface area contributed by atoms with Gasteiger partial charge in [-0.15, -0.1) is 0 Å². The fourth-order valence-electron chi connectivity index (χ4n) is 7.22. The summed E-state index contributed by atoms with van der Waals surface area (Å²) in [4.78, 5) is 11.0. The Kier molecular flexibility index (Phi) is 6.46. The maximum Gasteiger partial charge on any atom is 0.235 e.